The molecule has 0 radical (unpaired) electrons. The molecule has 20 heavy (non-hydrogen) atoms. The Labute approximate surface area is 121 Å². The normalized spacial score (nSPS) is 13.3. The Kier molecular flexibility index (Phi) is 5.92. The molecular weight excluding hydrogens is 256 g/mol. The maximum absolute atomic E-state index is 9.79. The van der Waals surface area contributed by atoms with Crippen LogP contribution in [-0.4, -0.2) is 48.6 Å². The highest BCUT2D eigenvalue weighted by Gasteiger charge is 2.19. The van der Waals surface area contributed by atoms with Gasteiger partial charge in [0, 0.05) is 31.8 Å². The molecule has 1 rings (SSSR count). The third-order valence-corrected chi connectivity index (χ3v) is 3.06. The Hall–Kier alpha value is -1.17. The lowest BCUT2D eigenvalue weighted by molar-refractivity contribution is 0.0694. The molecule has 1 atom stereocenters. The molecule has 0 aliphatic heterocycles. The van der Waals surface area contributed by atoms with E-state index in [4.69, 9.17) is 4.74 Å². The number of anilines is 1. The number of pyridine rings is 1. The predicted molar refractivity (Wildman–Crippen MR) is 80.0 cm³/mol. The fourth-order valence-corrected chi connectivity index (χ4v) is 1.90. The van der Waals surface area contributed by atoms with Crippen LogP contribution < -0.4 is 4.90 Å². The molecule has 0 saturated heterocycles. The molecule has 1 heterocycles. The first kappa shape index (κ1) is 16.9. The van der Waals surface area contributed by atoms with E-state index in [1.807, 2.05) is 24.1 Å². The number of ether oxygens (including phenoxy) is 1. The van der Waals surface area contributed by atoms with Gasteiger partial charge in [-0.25, -0.2) is 4.98 Å². The van der Waals surface area contributed by atoms with Gasteiger partial charge in [-0.05, 0) is 17.7 Å². The average molecular weight is 282 g/mol. The van der Waals surface area contributed by atoms with E-state index in [9.17, 15) is 10.2 Å². The van der Waals surface area contributed by atoms with E-state index >= 15 is 0 Å². The number of likely N-dealkylation sites (N-methyl/N-ethyl adjacent to an activating group) is 1. The van der Waals surface area contributed by atoms with Gasteiger partial charge in [-0.2, -0.15) is 0 Å². The first-order chi connectivity index (χ1) is 9.27. The summed E-state index contributed by atoms with van der Waals surface area (Å²) in [6.07, 6.45) is -0.567. The largest absolute Gasteiger partial charge is 0.392 e. The van der Waals surface area contributed by atoms with Gasteiger partial charge >= 0.3 is 0 Å². The van der Waals surface area contributed by atoms with E-state index in [0.717, 1.165) is 17.1 Å². The summed E-state index contributed by atoms with van der Waals surface area (Å²) in [5.41, 5.74) is 1.66. The minimum atomic E-state index is -0.567. The van der Waals surface area contributed by atoms with Crippen molar-refractivity contribution < 1.29 is 14.9 Å². The summed E-state index contributed by atoms with van der Waals surface area (Å²) in [5.74, 6) is 0.747. The summed E-state index contributed by atoms with van der Waals surface area (Å²) in [4.78, 5) is 6.50. The molecule has 0 saturated carbocycles. The standard InChI is InChI=1S/C15H26N2O3/c1-15(2,3)13-6-11(9-18)7-14(16-13)17(4)8-12(19)10-20-5/h6-7,12,18-19H,8-10H2,1-5H3. The summed E-state index contributed by atoms with van der Waals surface area (Å²) >= 11 is 0. The van der Waals surface area contributed by atoms with Gasteiger partial charge in [0.05, 0.1) is 19.3 Å². The SMILES string of the molecule is COCC(O)CN(C)c1cc(CO)cc(C(C)(C)C)n1. The molecule has 0 amide bonds. The van der Waals surface area contributed by atoms with Crippen molar-refractivity contribution in [2.75, 3.05) is 32.2 Å². The van der Waals surface area contributed by atoms with Crippen LogP contribution in [0.4, 0.5) is 5.82 Å². The van der Waals surface area contributed by atoms with Gasteiger partial charge in [-0.1, -0.05) is 20.8 Å². The lowest BCUT2D eigenvalue weighted by Gasteiger charge is -2.25. The second-order valence-electron chi connectivity index (χ2n) is 6.12. The van der Waals surface area contributed by atoms with Gasteiger partial charge in [0.1, 0.15) is 5.82 Å². The van der Waals surface area contributed by atoms with Crippen LogP contribution in [0, 0.1) is 0 Å². The third kappa shape index (κ3) is 4.74. The van der Waals surface area contributed by atoms with Crippen LogP contribution in [0.2, 0.25) is 0 Å². The molecule has 2 N–H and O–H groups in total. The van der Waals surface area contributed by atoms with Gasteiger partial charge < -0.3 is 19.8 Å². The van der Waals surface area contributed by atoms with Crippen molar-refractivity contribution in [3.63, 3.8) is 0 Å². The van der Waals surface area contributed by atoms with Gasteiger partial charge in [0.15, 0.2) is 0 Å². The summed E-state index contributed by atoms with van der Waals surface area (Å²) < 4.78 is 4.93. The molecule has 0 fully saturated rings. The van der Waals surface area contributed by atoms with Crippen molar-refractivity contribution in [2.24, 2.45) is 0 Å². The van der Waals surface area contributed by atoms with E-state index < -0.39 is 6.10 Å². The smallest absolute Gasteiger partial charge is 0.129 e. The van der Waals surface area contributed by atoms with Crippen LogP contribution in [0.1, 0.15) is 32.0 Å². The highest BCUT2D eigenvalue weighted by molar-refractivity contribution is 5.43. The molecule has 1 unspecified atom stereocenters. The molecule has 0 bridgehead atoms. The Morgan fingerprint density at radius 3 is 2.50 bits per heavy atom. The number of aromatic nitrogens is 1. The Morgan fingerprint density at radius 2 is 2.00 bits per heavy atom. The van der Waals surface area contributed by atoms with Crippen LogP contribution >= 0.6 is 0 Å². The first-order valence-electron chi connectivity index (χ1n) is 6.78. The lowest BCUT2D eigenvalue weighted by atomic mass is 9.91. The molecule has 0 spiro atoms. The van der Waals surface area contributed by atoms with Crippen LogP contribution in [0.15, 0.2) is 12.1 Å². The summed E-state index contributed by atoms with van der Waals surface area (Å²) in [6.45, 7) is 6.95. The fourth-order valence-electron chi connectivity index (χ4n) is 1.90. The lowest BCUT2D eigenvalue weighted by Crippen LogP contribution is -2.33. The molecule has 1 aromatic heterocycles. The van der Waals surface area contributed by atoms with Gasteiger partial charge in [0.2, 0.25) is 0 Å². The Balaban J connectivity index is 2.99. The van der Waals surface area contributed by atoms with Crippen molar-refractivity contribution in [3.8, 4) is 0 Å². The number of rotatable bonds is 6. The van der Waals surface area contributed by atoms with Crippen LogP contribution in [-0.2, 0) is 16.8 Å². The minimum absolute atomic E-state index is 0.0208. The number of aliphatic hydroxyl groups is 2. The van der Waals surface area contributed by atoms with E-state index in [0.29, 0.717) is 6.54 Å². The molecule has 114 valence electrons. The fraction of sp³-hybridized carbons (Fsp3) is 0.667. The zero-order chi connectivity index (χ0) is 15.3. The molecule has 1 aromatic rings. The summed E-state index contributed by atoms with van der Waals surface area (Å²) in [6, 6.07) is 3.76. The monoisotopic (exact) mass is 282 g/mol. The van der Waals surface area contributed by atoms with Crippen LogP contribution in [0.3, 0.4) is 0 Å². The average Bonchev–Trinajstić information content (AvgIpc) is 2.37. The van der Waals surface area contributed by atoms with Crippen molar-refractivity contribution >= 4 is 5.82 Å². The highest BCUT2D eigenvalue weighted by Crippen LogP contribution is 2.24. The van der Waals surface area contributed by atoms with E-state index in [1.54, 1.807) is 7.11 Å². The van der Waals surface area contributed by atoms with Crippen LogP contribution in [0.25, 0.3) is 0 Å². The topological polar surface area (TPSA) is 65.8 Å². The predicted octanol–water partition coefficient (Wildman–Crippen LogP) is 1.31. The van der Waals surface area contributed by atoms with Crippen molar-refractivity contribution in [1.82, 2.24) is 4.98 Å². The van der Waals surface area contributed by atoms with E-state index in [2.05, 4.69) is 25.8 Å². The number of methoxy groups -OCH3 is 1. The van der Waals surface area contributed by atoms with Crippen LogP contribution in [0.5, 0.6) is 0 Å². The summed E-state index contributed by atoms with van der Waals surface area (Å²) in [7, 11) is 3.43. The van der Waals surface area contributed by atoms with E-state index in [1.165, 1.54) is 0 Å². The maximum Gasteiger partial charge on any atom is 0.129 e. The second kappa shape index (κ2) is 7.02. The number of nitrogens with zero attached hydrogens (tertiary/aromatic N) is 2. The Bertz CT molecular complexity index is 430. The minimum Gasteiger partial charge on any atom is -0.392 e. The number of aliphatic hydroxyl groups excluding tert-OH is 2. The first-order valence-corrected chi connectivity index (χ1v) is 6.78. The molecule has 5 nitrogen and oxygen atoms in total. The van der Waals surface area contributed by atoms with Crippen molar-refractivity contribution in [2.45, 2.75) is 38.9 Å². The van der Waals surface area contributed by atoms with Crippen molar-refractivity contribution in [1.29, 1.82) is 0 Å². The van der Waals surface area contributed by atoms with E-state index in [-0.39, 0.29) is 18.6 Å². The second-order valence-corrected chi connectivity index (χ2v) is 6.12. The third-order valence-electron chi connectivity index (χ3n) is 3.06. The quantitative estimate of drug-likeness (QED) is 0.823. The maximum atomic E-state index is 9.79. The molecule has 0 aromatic carbocycles. The number of hydrogen-bond donors (Lipinski definition) is 2. The van der Waals surface area contributed by atoms with Crippen molar-refractivity contribution in [3.05, 3.63) is 23.4 Å². The van der Waals surface area contributed by atoms with Gasteiger partial charge in [-0.3, -0.25) is 0 Å². The zero-order valence-electron chi connectivity index (χ0n) is 13.1. The molecular formula is C15H26N2O3. The number of hydrogen-bond acceptors (Lipinski definition) is 5. The molecule has 0 aliphatic carbocycles. The highest BCUT2D eigenvalue weighted by atomic mass is 16.5. The van der Waals surface area contributed by atoms with Gasteiger partial charge in [-0.15, -0.1) is 0 Å². The Morgan fingerprint density at radius 1 is 1.35 bits per heavy atom. The molecule has 5 heteroatoms. The molecule has 0 aliphatic rings. The summed E-state index contributed by atoms with van der Waals surface area (Å²) in [5, 5.41) is 19.2. The zero-order valence-corrected chi connectivity index (χ0v) is 13.1. The van der Waals surface area contributed by atoms with Gasteiger partial charge in [0.25, 0.3) is 0 Å².